The molecule has 1 heterocycles. The highest BCUT2D eigenvalue weighted by atomic mass is 16.6. The number of para-hydroxylation sites is 1. The Hall–Kier alpha value is -1.55. The third-order valence-electron chi connectivity index (χ3n) is 2.58. The zero-order valence-corrected chi connectivity index (χ0v) is 9.11. The number of hydrogen-bond acceptors (Lipinski definition) is 3. The molecule has 16 heavy (non-hydrogen) atoms. The van der Waals surface area contributed by atoms with Gasteiger partial charge in [-0.1, -0.05) is 18.2 Å². The average Bonchev–Trinajstić information content (AvgIpc) is 2.31. The van der Waals surface area contributed by atoms with Crippen LogP contribution < -0.4 is 10.6 Å². The number of carbonyl (C=O) groups is 1. The third-order valence-corrected chi connectivity index (χ3v) is 2.58. The Morgan fingerprint density at radius 1 is 1.25 bits per heavy atom. The van der Waals surface area contributed by atoms with Gasteiger partial charge in [0.1, 0.15) is 6.10 Å². The van der Waals surface area contributed by atoms with E-state index < -0.39 is 0 Å². The number of rotatable bonds is 2. The lowest BCUT2D eigenvalue weighted by molar-refractivity contribution is 0.0909. The summed E-state index contributed by atoms with van der Waals surface area (Å²) in [6.45, 7) is 1.84. The molecule has 1 fully saturated rings. The Kier molecular flexibility index (Phi) is 3.77. The summed E-state index contributed by atoms with van der Waals surface area (Å²) in [6, 6.07) is 9.33. The van der Waals surface area contributed by atoms with Crippen molar-refractivity contribution in [1.82, 2.24) is 5.32 Å². The Bertz CT molecular complexity index is 334. The molecular weight excluding hydrogens is 204 g/mol. The second-order valence-electron chi connectivity index (χ2n) is 3.85. The summed E-state index contributed by atoms with van der Waals surface area (Å²) in [7, 11) is 0. The molecule has 0 radical (unpaired) electrons. The molecule has 1 aromatic carbocycles. The standard InChI is InChI=1S/C12H16N2O2/c15-12(14-10-4-2-1-3-5-10)16-11-6-8-13-9-7-11/h1-5,11,13H,6-9H2,(H,14,15). The van der Waals surface area contributed by atoms with Gasteiger partial charge in [0, 0.05) is 5.69 Å². The van der Waals surface area contributed by atoms with E-state index in [0.29, 0.717) is 0 Å². The van der Waals surface area contributed by atoms with Crippen LogP contribution in [0.15, 0.2) is 30.3 Å². The highest BCUT2D eigenvalue weighted by Gasteiger charge is 2.17. The van der Waals surface area contributed by atoms with Gasteiger partial charge < -0.3 is 10.1 Å². The molecule has 1 saturated heterocycles. The summed E-state index contributed by atoms with van der Waals surface area (Å²) in [6.07, 6.45) is 1.47. The third kappa shape index (κ3) is 3.24. The molecule has 0 spiro atoms. The molecule has 1 aliphatic rings. The molecule has 1 aliphatic heterocycles. The van der Waals surface area contributed by atoms with Gasteiger partial charge in [-0.15, -0.1) is 0 Å². The zero-order valence-electron chi connectivity index (χ0n) is 9.11. The normalized spacial score (nSPS) is 16.8. The number of amides is 1. The van der Waals surface area contributed by atoms with Crippen LogP contribution in [0, 0.1) is 0 Å². The zero-order chi connectivity index (χ0) is 11.2. The van der Waals surface area contributed by atoms with Crippen LogP contribution in [0.2, 0.25) is 0 Å². The number of ether oxygens (including phenoxy) is 1. The molecule has 1 aromatic rings. The van der Waals surface area contributed by atoms with Crippen molar-refractivity contribution in [2.45, 2.75) is 18.9 Å². The molecule has 4 nitrogen and oxygen atoms in total. The van der Waals surface area contributed by atoms with E-state index in [-0.39, 0.29) is 12.2 Å². The number of nitrogens with one attached hydrogen (secondary N) is 2. The maximum atomic E-state index is 11.5. The minimum Gasteiger partial charge on any atom is -0.446 e. The summed E-state index contributed by atoms with van der Waals surface area (Å²) in [5.74, 6) is 0. The highest BCUT2D eigenvalue weighted by Crippen LogP contribution is 2.10. The van der Waals surface area contributed by atoms with Crippen molar-refractivity contribution in [2.24, 2.45) is 0 Å². The van der Waals surface area contributed by atoms with E-state index >= 15 is 0 Å². The van der Waals surface area contributed by atoms with Gasteiger partial charge in [-0.3, -0.25) is 5.32 Å². The Balaban J connectivity index is 1.80. The first-order chi connectivity index (χ1) is 7.84. The lowest BCUT2D eigenvalue weighted by Gasteiger charge is -2.22. The summed E-state index contributed by atoms with van der Waals surface area (Å²) in [4.78, 5) is 11.5. The first-order valence-electron chi connectivity index (χ1n) is 5.58. The lowest BCUT2D eigenvalue weighted by atomic mass is 10.1. The fraction of sp³-hybridized carbons (Fsp3) is 0.417. The maximum Gasteiger partial charge on any atom is 0.411 e. The van der Waals surface area contributed by atoms with Crippen LogP contribution in [0.1, 0.15) is 12.8 Å². The van der Waals surface area contributed by atoms with Crippen molar-refractivity contribution >= 4 is 11.8 Å². The first kappa shape index (κ1) is 11.0. The largest absolute Gasteiger partial charge is 0.446 e. The summed E-state index contributed by atoms with van der Waals surface area (Å²) in [5, 5.41) is 5.93. The molecular formula is C12H16N2O2. The van der Waals surface area contributed by atoms with Crippen LogP contribution in [0.3, 0.4) is 0 Å². The molecule has 0 unspecified atom stereocenters. The molecule has 0 atom stereocenters. The predicted molar refractivity (Wildman–Crippen MR) is 62.4 cm³/mol. The van der Waals surface area contributed by atoms with E-state index in [1.54, 1.807) is 0 Å². The first-order valence-corrected chi connectivity index (χ1v) is 5.58. The molecule has 0 aromatic heterocycles. The van der Waals surface area contributed by atoms with Gasteiger partial charge in [0.2, 0.25) is 0 Å². The Labute approximate surface area is 95.0 Å². The van der Waals surface area contributed by atoms with E-state index in [9.17, 15) is 4.79 Å². The lowest BCUT2D eigenvalue weighted by Crippen LogP contribution is -2.34. The number of carbonyl (C=O) groups excluding carboxylic acids is 1. The maximum absolute atomic E-state index is 11.5. The predicted octanol–water partition coefficient (Wildman–Crippen LogP) is 1.99. The van der Waals surface area contributed by atoms with Crippen LogP contribution >= 0.6 is 0 Å². The number of piperidine rings is 1. The minimum absolute atomic E-state index is 0.0463. The van der Waals surface area contributed by atoms with Crippen molar-refractivity contribution in [1.29, 1.82) is 0 Å². The van der Waals surface area contributed by atoms with Crippen molar-refractivity contribution < 1.29 is 9.53 Å². The molecule has 86 valence electrons. The van der Waals surface area contributed by atoms with Gasteiger partial charge >= 0.3 is 6.09 Å². The fourth-order valence-corrected chi connectivity index (χ4v) is 1.73. The van der Waals surface area contributed by atoms with Crippen LogP contribution in [0.5, 0.6) is 0 Å². The number of benzene rings is 1. The average molecular weight is 220 g/mol. The molecule has 0 saturated carbocycles. The molecule has 2 rings (SSSR count). The quantitative estimate of drug-likeness (QED) is 0.801. The SMILES string of the molecule is O=C(Nc1ccccc1)OC1CCNCC1. The van der Waals surface area contributed by atoms with Gasteiger partial charge in [-0.2, -0.15) is 0 Å². The molecule has 0 bridgehead atoms. The van der Waals surface area contributed by atoms with Crippen molar-refractivity contribution in [2.75, 3.05) is 18.4 Å². The van der Waals surface area contributed by atoms with Gasteiger partial charge in [0.05, 0.1) is 0 Å². The Morgan fingerprint density at radius 3 is 2.62 bits per heavy atom. The fourth-order valence-electron chi connectivity index (χ4n) is 1.73. The van der Waals surface area contributed by atoms with E-state index in [2.05, 4.69) is 10.6 Å². The van der Waals surface area contributed by atoms with Gasteiger partial charge in [-0.05, 0) is 38.1 Å². The second-order valence-corrected chi connectivity index (χ2v) is 3.85. The Morgan fingerprint density at radius 2 is 1.94 bits per heavy atom. The highest BCUT2D eigenvalue weighted by molar-refractivity contribution is 5.84. The molecule has 1 amide bonds. The van der Waals surface area contributed by atoms with E-state index in [0.717, 1.165) is 31.6 Å². The summed E-state index contributed by atoms with van der Waals surface area (Å²) < 4.78 is 5.31. The monoisotopic (exact) mass is 220 g/mol. The minimum atomic E-state index is -0.363. The van der Waals surface area contributed by atoms with Gasteiger partial charge in [0.15, 0.2) is 0 Å². The van der Waals surface area contributed by atoms with Crippen molar-refractivity contribution in [3.8, 4) is 0 Å². The van der Waals surface area contributed by atoms with Crippen LogP contribution in [0.25, 0.3) is 0 Å². The summed E-state index contributed by atoms with van der Waals surface area (Å²) in [5.41, 5.74) is 0.765. The van der Waals surface area contributed by atoms with E-state index in [1.165, 1.54) is 0 Å². The van der Waals surface area contributed by atoms with Crippen molar-refractivity contribution in [3.05, 3.63) is 30.3 Å². The van der Waals surface area contributed by atoms with Crippen LogP contribution in [-0.4, -0.2) is 25.3 Å². The van der Waals surface area contributed by atoms with E-state index in [4.69, 9.17) is 4.74 Å². The molecule has 0 aliphatic carbocycles. The van der Waals surface area contributed by atoms with Gasteiger partial charge in [-0.25, -0.2) is 4.79 Å². The van der Waals surface area contributed by atoms with Gasteiger partial charge in [0.25, 0.3) is 0 Å². The molecule has 2 N–H and O–H groups in total. The number of hydrogen-bond donors (Lipinski definition) is 2. The number of anilines is 1. The topological polar surface area (TPSA) is 50.4 Å². The molecule has 4 heteroatoms. The summed E-state index contributed by atoms with van der Waals surface area (Å²) >= 11 is 0. The van der Waals surface area contributed by atoms with Crippen LogP contribution in [0.4, 0.5) is 10.5 Å². The van der Waals surface area contributed by atoms with Crippen molar-refractivity contribution in [3.63, 3.8) is 0 Å². The smallest absolute Gasteiger partial charge is 0.411 e. The van der Waals surface area contributed by atoms with E-state index in [1.807, 2.05) is 30.3 Å². The van der Waals surface area contributed by atoms with Crippen LogP contribution in [-0.2, 0) is 4.74 Å². The second kappa shape index (κ2) is 5.51.